The van der Waals surface area contributed by atoms with Crippen molar-refractivity contribution >= 4 is 31.9 Å². The highest BCUT2D eigenvalue weighted by Crippen LogP contribution is 2.36. The highest BCUT2D eigenvalue weighted by molar-refractivity contribution is 9.13. The van der Waals surface area contributed by atoms with Gasteiger partial charge in [-0.3, -0.25) is 0 Å². The van der Waals surface area contributed by atoms with Gasteiger partial charge < -0.3 is 9.52 Å². The van der Waals surface area contributed by atoms with E-state index in [-0.39, 0.29) is 0 Å². The summed E-state index contributed by atoms with van der Waals surface area (Å²) >= 11 is 6.62. The van der Waals surface area contributed by atoms with Crippen LogP contribution in [0.15, 0.2) is 19.6 Å². The summed E-state index contributed by atoms with van der Waals surface area (Å²) < 4.78 is 6.93. The lowest BCUT2D eigenvalue weighted by atomic mass is 9.99. The summed E-state index contributed by atoms with van der Waals surface area (Å²) in [5, 5.41) is 9.98. The zero-order chi connectivity index (χ0) is 10.8. The third-order valence-corrected chi connectivity index (χ3v) is 4.73. The Balaban J connectivity index is 1.97. The van der Waals surface area contributed by atoms with Gasteiger partial charge in [0.1, 0.15) is 11.9 Å². The second-order valence-corrected chi connectivity index (χ2v) is 5.75. The van der Waals surface area contributed by atoms with Gasteiger partial charge in [0.15, 0.2) is 4.67 Å². The number of halogens is 2. The molecule has 1 aliphatic carbocycles. The van der Waals surface area contributed by atoms with Crippen molar-refractivity contribution < 1.29 is 9.52 Å². The minimum atomic E-state index is -0.462. The molecule has 0 spiro atoms. The van der Waals surface area contributed by atoms with E-state index in [1.807, 2.05) is 6.07 Å². The van der Waals surface area contributed by atoms with E-state index in [9.17, 15) is 5.11 Å². The molecule has 1 saturated carbocycles. The summed E-state index contributed by atoms with van der Waals surface area (Å²) in [5.41, 5.74) is 0. The minimum Gasteiger partial charge on any atom is -0.450 e. The van der Waals surface area contributed by atoms with E-state index >= 15 is 0 Å². The molecule has 0 amide bonds. The number of furan rings is 1. The second kappa shape index (κ2) is 5.02. The molecule has 0 saturated heterocycles. The first-order chi connectivity index (χ1) is 7.16. The van der Waals surface area contributed by atoms with Crippen LogP contribution in [0.2, 0.25) is 0 Å². The summed E-state index contributed by atoms with van der Waals surface area (Å²) in [7, 11) is 0. The maximum atomic E-state index is 9.98. The van der Waals surface area contributed by atoms with Crippen molar-refractivity contribution in [2.75, 3.05) is 0 Å². The van der Waals surface area contributed by atoms with Crippen molar-refractivity contribution in [3.63, 3.8) is 0 Å². The average molecular weight is 338 g/mol. The van der Waals surface area contributed by atoms with Crippen LogP contribution >= 0.6 is 31.9 Å². The minimum absolute atomic E-state index is 0.462. The molecule has 1 aromatic heterocycles. The molecular formula is C11H14Br2O2. The lowest BCUT2D eigenvalue weighted by Gasteiger charge is -2.12. The monoisotopic (exact) mass is 336 g/mol. The summed E-state index contributed by atoms with van der Waals surface area (Å²) in [6.45, 7) is 0. The molecule has 15 heavy (non-hydrogen) atoms. The molecule has 1 heterocycles. The molecule has 1 fully saturated rings. The maximum absolute atomic E-state index is 9.98. The molecule has 4 heteroatoms. The molecule has 2 rings (SSSR count). The summed E-state index contributed by atoms with van der Waals surface area (Å²) in [6, 6.07) is 1.84. The normalized spacial score (nSPS) is 19.7. The van der Waals surface area contributed by atoms with Crippen molar-refractivity contribution in [3.05, 3.63) is 21.0 Å². The summed E-state index contributed by atoms with van der Waals surface area (Å²) in [4.78, 5) is 0. The molecule has 1 atom stereocenters. The maximum Gasteiger partial charge on any atom is 0.183 e. The van der Waals surface area contributed by atoms with Gasteiger partial charge in [-0.1, -0.05) is 25.7 Å². The van der Waals surface area contributed by atoms with E-state index in [1.54, 1.807) is 0 Å². The fourth-order valence-corrected chi connectivity index (χ4v) is 2.81. The van der Waals surface area contributed by atoms with Crippen LogP contribution < -0.4 is 0 Å². The fourth-order valence-electron chi connectivity index (χ4n) is 2.21. The number of rotatable bonds is 3. The third kappa shape index (κ3) is 2.86. The number of hydrogen-bond acceptors (Lipinski definition) is 2. The number of aliphatic hydroxyl groups is 1. The van der Waals surface area contributed by atoms with Crippen LogP contribution in [0, 0.1) is 5.92 Å². The van der Waals surface area contributed by atoms with Crippen LogP contribution in [0.4, 0.5) is 0 Å². The Hall–Kier alpha value is 0.200. The van der Waals surface area contributed by atoms with Crippen LogP contribution in [0.3, 0.4) is 0 Å². The highest BCUT2D eigenvalue weighted by Gasteiger charge is 2.22. The second-order valence-electron chi connectivity index (χ2n) is 4.17. The molecular weight excluding hydrogens is 324 g/mol. The van der Waals surface area contributed by atoms with Gasteiger partial charge in [-0.05, 0) is 50.3 Å². The zero-order valence-corrected chi connectivity index (χ0v) is 11.6. The highest BCUT2D eigenvalue weighted by atomic mass is 79.9. The number of aliphatic hydroxyl groups excluding tert-OH is 1. The predicted molar refractivity (Wildman–Crippen MR) is 65.6 cm³/mol. The Morgan fingerprint density at radius 2 is 2.07 bits per heavy atom. The van der Waals surface area contributed by atoms with Crippen molar-refractivity contribution in [1.29, 1.82) is 0 Å². The van der Waals surface area contributed by atoms with Crippen molar-refractivity contribution in [2.45, 2.75) is 38.2 Å². The van der Waals surface area contributed by atoms with Gasteiger partial charge in [-0.15, -0.1) is 0 Å². The van der Waals surface area contributed by atoms with E-state index in [0.29, 0.717) is 16.3 Å². The topological polar surface area (TPSA) is 33.4 Å². The first-order valence-corrected chi connectivity index (χ1v) is 6.88. The largest absolute Gasteiger partial charge is 0.450 e. The zero-order valence-electron chi connectivity index (χ0n) is 8.38. The third-order valence-electron chi connectivity index (χ3n) is 3.02. The molecule has 0 aromatic carbocycles. The Labute approximate surface area is 106 Å². The first kappa shape index (κ1) is 11.7. The Bertz CT molecular complexity index is 310. The number of hydrogen-bond donors (Lipinski definition) is 1. The molecule has 2 nitrogen and oxygen atoms in total. The lowest BCUT2D eigenvalue weighted by molar-refractivity contribution is 0.119. The van der Waals surface area contributed by atoms with E-state index < -0.39 is 6.10 Å². The van der Waals surface area contributed by atoms with Crippen LogP contribution in [-0.4, -0.2) is 5.11 Å². The summed E-state index contributed by atoms with van der Waals surface area (Å²) in [5.74, 6) is 1.32. The predicted octanol–water partition coefficient (Wildman–Crippen LogP) is 4.42. The molecule has 1 aromatic rings. The molecule has 84 valence electrons. The van der Waals surface area contributed by atoms with Gasteiger partial charge in [0.2, 0.25) is 0 Å². The van der Waals surface area contributed by atoms with Crippen LogP contribution in [0.5, 0.6) is 0 Å². The smallest absolute Gasteiger partial charge is 0.183 e. The van der Waals surface area contributed by atoms with Gasteiger partial charge in [0, 0.05) is 0 Å². The van der Waals surface area contributed by atoms with E-state index in [0.717, 1.165) is 10.9 Å². The Kier molecular flexibility index (Phi) is 3.91. The van der Waals surface area contributed by atoms with Gasteiger partial charge in [-0.2, -0.15) is 0 Å². The van der Waals surface area contributed by atoms with E-state index in [4.69, 9.17) is 4.42 Å². The quantitative estimate of drug-likeness (QED) is 0.885. The molecule has 0 radical (unpaired) electrons. The Morgan fingerprint density at radius 3 is 2.60 bits per heavy atom. The van der Waals surface area contributed by atoms with E-state index in [1.165, 1.54) is 25.7 Å². The van der Waals surface area contributed by atoms with Gasteiger partial charge >= 0.3 is 0 Å². The van der Waals surface area contributed by atoms with Gasteiger partial charge in [0.05, 0.1) is 4.47 Å². The molecule has 1 unspecified atom stereocenters. The van der Waals surface area contributed by atoms with Crippen molar-refractivity contribution in [2.24, 2.45) is 5.92 Å². The van der Waals surface area contributed by atoms with Crippen molar-refractivity contribution in [3.8, 4) is 0 Å². The standard InChI is InChI=1S/C11H14Br2O2/c12-8-6-10(15-11(8)13)9(14)5-7-3-1-2-4-7/h6-7,9,14H,1-5H2. The Morgan fingerprint density at radius 1 is 1.40 bits per heavy atom. The molecule has 1 aliphatic rings. The van der Waals surface area contributed by atoms with Gasteiger partial charge in [0.25, 0.3) is 0 Å². The van der Waals surface area contributed by atoms with E-state index in [2.05, 4.69) is 31.9 Å². The van der Waals surface area contributed by atoms with Crippen LogP contribution in [0.1, 0.15) is 44.0 Å². The summed E-state index contributed by atoms with van der Waals surface area (Å²) in [6.07, 6.45) is 5.48. The van der Waals surface area contributed by atoms with Crippen LogP contribution in [-0.2, 0) is 0 Å². The molecule has 0 bridgehead atoms. The van der Waals surface area contributed by atoms with Crippen LogP contribution in [0.25, 0.3) is 0 Å². The first-order valence-electron chi connectivity index (χ1n) is 5.29. The molecule has 1 N–H and O–H groups in total. The molecule has 0 aliphatic heterocycles. The lowest BCUT2D eigenvalue weighted by Crippen LogP contribution is -2.03. The van der Waals surface area contributed by atoms with Gasteiger partial charge in [-0.25, -0.2) is 0 Å². The fraction of sp³-hybridized carbons (Fsp3) is 0.636. The SMILES string of the molecule is OC(CC1CCCC1)c1cc(Br)c(Br)o1. The average Bonchev–Trinajstić information content (AvgIpc) is 2.78. The van der Waals surface area contributed by atoms with Crippen molar-refractivity contribution in [1.82, 2.24) is 0 Å².